The van der Waals surface area contributed by atoms with Crippen LogP contribution < -0.4 is 10.7 Å². The molecule has 3 aromatic carbocycles. The van der Waals surface area contributed by atoms with Crippen LogP contribution in [0.25, 0.3) is 6.08 Å². The molecule has 1 amide bonds. The van der Waals surface area contributed by atoms with Gasteiger partial charge in [0.15, 0.2) is 0 Å². The summed E-state index contributed by atoms with van der Waals surface area (Å²) in [6.45, 7) is 0.299. The van der Waals surface area contributed by atoms with E-state index in [9.17, 15) is 4.79 Å². The van der Waals surface area contributed by atoms with Crippen LogP contribution >= 0.6 is 11.6 Å². The number of hydrazone groups is 1. The lowest BCUT2D eigenvalue weighted by atomic mass is 10.1. The number of halogens is 1. The molecule has 0 aliphatic carbocycles. The highest BCUT2D eigenvalue weighted by Gasteiger charge is 2.05. The second-order valence-corrected chi connectivity index (χ2v) is 6.44. The largest absolute Gasteiger partial charge is 0.347 e. The molecule has 0 saturated heterocycles. The molecule has 0 saturated carbocycles. The third-order valence-corrected chi connectivity index (χ3v) is 4.18. The molecule has 0 atom stereocenters. The molecule has 5 heteroatoms. The number of benzene rings is 3. The van der Waals surface area contributed by atoms with Crippen LogP contribution in [-0.2, 0) is 4.79 Å². The molecule has 0 aliphatic heterocycles. The van der Waals surface area contributed by atoms with Gasteiger partial charge in [0.25, 0.3) is 0 Å². The maximum absolute atomic E-state index is 12.2. The quantitative estimate of drug-likeness (QED) is 0.340. The topological polar surface area (TPSA) is 53.5 Å². The number of anilines is 1. The van der Waals surface area contributed by atoms with Crippen molar-refractivity contribution in [3.8, 4) is 0 Å². The molecule has 3 aromatic rings. The van der Waals surface area contributed by atoms with Gasteiger partial charge in [-0.2, -0.15) is 5.10 Å². The minimum atomic E-state index is -0.196. The van der Waals surface area contributed by atoms with Crippen molar-refractivity contribution in [3.05, 3.63) is 107 Å². The fourth-order valence-corrected chi connectivity index (χ4v) is 2.58. The van der Waals surface area contributed by atoms with Gasteiger partial charge in [0, 0.05) is 11.1 Å². The molecule has 0 aliphatic rings. The van der Waals surface area contributed by atoms with Gasteiger partial charge < -0.3 is 5.32 Å². The van der Waals surface area contributed by atoms with Crippen LogP contribution in [0.2, 0.25) is 5.02 Å². The average molecular weight is 390 g/mol. The van der Waals surface area contributed by atoms with Gasteiger partial charge in [-0.1, -0.05) is 72.3 Å². The van der Waals surface area contributed by atoms with Gasteiger partial charge >= 0.3 is 0 Å². The van der Waals surface area contributed by atoms with Crippen LogP contribution in [0.5, 0.6) is 0 Å². The fourth-order valence-electron chi connectivity index (χ4n) is 2.46. The second kappa shape index (κ2) is 10.1. The summed E-state index contributed by atoms with van der Waals surface area (Å²) in [5, 5.41) is 8.02. The summed E-state index contributed by atoms with van der Waals surface area (Å²) in [6.07, 6.45) is 3.24. The van der Waals surface area contributed by atoms with Gasteiger partial charge in [-0.25, -0.2) is 0 Å². The smallest absolute Gasteiger partial charge is 0.244 e. The van der Waals surface area contributed by atoms with Gasteiger partial charge in [-0.3, -0.25) is 10.2 Å². The zero-order valence-electron chi connectivity index (χ0n) is 15.2. The molecular weight excluding hydrogens is 370 g/mol. The van der Waals surface area contributed by atoms with Crippen LogP contribution in [0.1, 0.15) is 11.1 Å². The highest BCUT2D eigenvalue weighted by Crippen LogP contribution is 2.10. The number of hydrogen-bond donors (Lipinski definition) is 2. The van der Waals surface area contributed by atoms with Crippen molar-refractivity contribution in [3.63, 3.8) is 0 Å². The average Bonchev–Trinajstić information content (AvgIpc) is 2.75. The van der Waals surface area contributed by atoms with Crippen LogP contribution in [-0.4, -0.2) is 18.2 Å². The highest BCUT2D eigenvalue weighted by atomic mass is 35.5. The van der Waals surface area contributed by atoms with E-state index in [0.717, 1.165) is 22.5 Å². The van der Waals surface area contributed by atoms with Crippen molar-refractivity contribution in [2.24, 2.45) is 5.10 Å². The zero-order valence-corrected chi connectivity index (χ0v) is 15.9. The lowest BCUT2D eigenvalue weighted by Gasteiger charge is -2.09. The van der Waals surface area contributed by atoms with Gasteiger partial charge in [-0.15, -0.1) is 0 Å². The number of para-hydroxylation sites is 1. The van der Waals surface area contributed by atoms with Crippen molar-refractivity contribution in [2.45, 2.75) is 0 Å². The Morgan fingerprint density at radius 3 is 2.21 bits per heavy atom. The predicted octanol–water partition coefficient (Wildman–Crippen LogP) is 4.99. The summed E-state index contributed by atoms with van der Waals surface area (Å²) in [7, 11) is 0. The molecule has 0 heterocycles. The van der Waals surface area contributed by atoms with Crippen molar-refractivity contribution >= 4 is 35.0 Å². The Morgan fingerprint density at radius 2 is 1.54 bits per heavy atom. The molecule has 0 bridgehead atoms. The van der Waals surface area contributed by atoms with Crippen molar-refractivity contribution < 1.29 is 4.79 Å². The van der Waals surface area contributed by atoms with E-state index in [-0.39, 0.29) is 5.91 Å². The van der Waals surface area contributed by atoms with Gasteiger partial charge in [0.05, 0.1) is 17.9 Å². The van der Waals surface area contributed by atoms with Crippen LogP contribution in [0.4, 0.5) is 5.69 Å². The number of nitrogens with one attached hydrogen (secondary N) is 2. The van der Waals surface area contributed by atoms with Gasteiger partial charge in [0.1, 0.15) is 0 Å². The predicted molar refractivity (Wildman–Crippen MR) is 117 cm³/mol. The molecule has 2 N–H and O–H groups in total. The SMILES string of the molecule is O=C(C=Cc1ccc(Cl)cc1)NCC(=NNc1ccccc1)c1ccccc1. The molecule has 0 spiro atoms. The summed E-state index contributed by atoms with van der Waals surface area (Å²) in [4.78, 5) is 12.2. The summed E-state index contributed by atoms with van der Waals surface area (Å²) in [5.74, 6) is -0.196. The number of amides is 1. The summed E-state index contributed by atoms with van der Waals surface area (Å²) < 4.78 is 0. The van der Waals surface area contributed by atoms with Gasteiger partial charge in [-0.05, 0) is 41.5 Å². The Balaban J connectivity index is 1.65. The molecule has 0 fully saturated rings. The molecule has 3 rings (SSSR count). The Kier molecular flexibility index (Phi) is 6.99. The minimum Gasteiger partial charge on any atom is -0.347 e. The van der Waals surface area contributed by atoms with E-state index in [4.69, 9.17) is 11.6 Å². The summed E-state index contributed by atoms with van der Waals surface area (Å²) in [6, 6.07) is 26.7. The van der Waals surface area contributed by atoms with E-state index in [0.29, 0.717) is 11.6 Å². The molecular formula is C23H20ClN3O. The number of carbonyl (C=O) groups is 1. The lowest BCUT2D eigenvalue weighted by molar-refractivity contribution is -0.116. The van der Waals surface area contributed by atoms with E-state index in [1.807, 2.05) is 72.8 Å². The number of rotatable bonds is 7. The first-order chi connectivity index (χ1) is 13.7. The van der Waals surface area contributed by atoms with E-state index < -0.39 is 0 Å². The van der Waals surface area contributed by atoms with Crippen LogP contribution in [0.15, 0.2) is 96.1 Å². The van der Waals surface area contributed by atoms with Crippen LogP contribution in [0, 0.1) is 0 Å². The number of hydrogen-bond acceptors (Lipinski definition) is 3. The van der Waals surface area contributed by atoms with E-state index in [1.165, 1.54) is 6.08 Å². The first-order valence-electron chi connectivity index (χ1n) is 8.85. The first kappa shape index (κ1) is 19.4. The van der Waals surface area contributed by atoms with Gasteiger partial charge in [0.2, 0.25) is 5.91 Å². The first-order valence-corrected chi connectivity index (χ1v) is 9.23. The molecule has 0 aromatic heterocycles. The summed E-state index contributed by atoms with van der Waals surface area (Å²) in [5.41, 5.74) is 6.49. The van der Waals surface area contributed by atoms with E-state index in [2.05, 4.69) is 15.8 Å². The van der Waals surface area contributed by atoms with Crippen LogP contribution in [0.3, 0.4) is 0 Å². The zero-order chi connectivity index (χ0) is 19.6. The standard InChI is InChI=1S/C23H20ClN3O/c24-20-14-11-18(12-15-20)13-16-23(28)25-17-22(19-7-3-1-4-8-19)27-26-21-9-5-2-6-10-21/h1-16,26H,17H2,(H,25,28). The van der Waals surface area contributed by atoms with Crippen molar-refractivity contribution in [1.82, 2.24) is 5.32 Å². The Morgan fingerprint density at radius 1 is 0.893 bits per heavy atom. The Labute approximate surface area is 169 Å². The molecule has 0 radical (unpaired) electrons. The monoisotopic (exact) mass is 389 g/mol. The third kappa shape index (κ3) is 6.11. The second-order valence-electron chi connectivity index (χ2n) is 6.01. The van der Waals surface area contributed by atoms with E-state index >= 15 is 0 Å². The maximum atomic E-state index is 12.2. The molecule has 28 heavy (non-hydrogen) atoms. The maximum Gasteiger partial charge on any atom is 0.244 e. The normalized spacial score (nSPS) is 11.4. The summed E-state index contributed by atoms with van der Waals surface area (Å²) >= 11 is 5.87. The number of carbonyl (C=O) groups excluding carboxylic acids is 1. The highest BCUT2D eigenvalue weighted by molar-refractivity contribution is 6.30. The Bertz CT molecular complexity index is 952. The lowest BCUT2D eigenvalue weighted by Crippen LogP contribution is -2.29. The van der Waals surface area contributed by atoms with E-state index in [1.54, 1.807) is 18.2 Å². The molecule has 140 valence electrons. The minimum absolute atomic E-state index is 0.196. The van der Waals surface area contributed by atoms with Crippen molar-refractivity contribution in [2.75, 3.05) is 12.0 Å². The Hall–Kier alpha value is -3.37. The molecule has 0 unspecified atom stereocenters. The van der Waals surface area contributed by atoms with Crippen molar-refractivity contribution in [1.29, 1.82) is 0 Å². The fraction of sp³-hybridized carbons (Fsp3) is 0.0435. The third-order valence-electron chi connectivity index (χ3n) is 3.93. The number of nitrogens with zero attached hydrogens (tertiary/aromatic N) is 1. The molecule has 4 nitrogen and oxygen atoms in total.